The monoisotopic (exact) mass is 480 g/mol. The molecule has 0 bridgehead atoms. The second-order valence-electron chi connectivity index (χ2n) is 9.42. The highest BCUT2D eigenvalue weighted by Gasteiger charge is 2.60. The van der Waals surface area contributed by atoms with Crippen LogP contribution in [0.4, 0.5) is 5.69 Å². The summed E-state index contributed by atoms with van der Waals surface area (Å²) < 4.78 is 0. The van der Waals surface area contributed by atoms with Crippen molar-refractivity contribution in [3.05, 3.63) is 46.4 Å². The molecule has 1 aromatic heterocycles. The number of nitrogens with one attached hydrogen (secondary N) is 1. The lowest BCUT2D eigenvalue weighted by Crippen LogP contribution is -2.58. The van der Waals surface area contributed by atoms with Crippen molar-refractivity contribution in [1.82, 2.24) is 10.2 Å². The number of Topliss-reactive ketones (excluding diaryl/α,β-unsaturated/α-hetero) is 2. The molecule has 2 aromatic rings. The molecule has 3 atom stereocenters. The molecule has 1 heterocycles. The van der Waals surface area contributed by atoms with E-state index in [2.05, 4.69) is 10.2 Å². The zero-order valence-electron chi connectivity index (χ0n) is 19.0. The standard InChI is InChI=1S/C24H24N4O7/c1-28(2)14-8-11(13-3-4-26-27-13)19(30)17-12(14)6-9-5-10-7-15(29)18(23(25)34)22(33)24(10,35)21(32)16(9)20(17)31/h3-4,8-10,30-31,33,35H,5-7H2,1-2H3,(H2,25,34)(H,26,27)/t9-,10+,24+/m1/s1. The zero-order chi connectivity index (χ0) is 25.4. The van der Waals surface area contributed by atoms with Crippen molar-refractivity contribution in [3.63, 3.8) is 0 Å². The maximum Gasteiger partial charge on any atom is 0.255 e. The molecule has 0 saturated heterocycles. The molecule has 1 aromatic carbocycles. The summed E-state index contributed by atoms with van der Waals surface area (Å²) in [7, 11) is 3.61. The van der Waals surface area contributed by atoms with Crippen LogP contribution in [0.25, 0.3) is 17.0 Å². The quantitative estimate of drug-likeness (QED) is 0.346. The molecule has 1 saturated carbocycles. The second kappa shape index (κ2) is 7.44. The van der Waals surface area contributed by atoms with Crippen LogP contribution < -0.4 is 10.6 Å². The van der Waals surface area contributed by atoms with E-state index in [9.17, 15) is 34.8 Å². The van der Waals surface area contributed by atoms with E-state index >= 15 is 0 Å². The van der Waals surface area contributed by atoms with E-state index in [0.717, 1.165) is 0 Å². The van der Waals surface area contributed by atoms with Crippen molar-refractivity contribution in [2.75, 3.05) is 19.0 Å². The number of fused-ring (bicyclic) bond motifs is 3. The summed E-state index contributed by atoms with van der Waals surface area (Å²) in [5.74, 6) is -6.52. The number of anilines is 1. The first-order chi connectivity index (χ1) is 16.5. The number of aliphatic hydroxyl groups excluding tert-OH is 2. The zero-order valence-corrected chi connectivity index (χ0v) is 19.0. The fraction of sp³-hybridized carbons (Fsp3) is 0.333. The highest BCUT2D eigenvalue weighted by atomic mass is 16.3. The number of phenolic OH excluding ortho intramolecular Hbond substituents is 1. The number of primary amides is 1. The molecule has 3 aliphatic rings. The van der Waals surface area contributed by atoms with Gasteiger partial charge in [-0.1, -0.05) is 0 Å². The average Bonchev–Trinajstić information content (AvgIpc) is 3.30. The molecule has 182 valence electrons. The Kier molecular flexibility index (Phi) is 4.82. The number of ketones is 2. The Bertz CT molecular complexity index is 1370. The van der Waals surface area contributed by atoms with E-state index in [1.807, 2.05) is 4.90 Å². The normalized spacial score (nSPS) is 25.8. The van der Waals surface area contributed by atoms with Gasteiger partial charge < -0.3 is 31.1 Å². The van der Waals surface area contributed by atoms with Crippen LogP contribution in [0.5, 0.6) is 5.75 Å². The van der Waals surface area contributed by atoms with Gasteiger partial charge in [0.05, 0.1) is 11.3 Å². The number of aromatic amines is 1. The first kappa shape index (κ1) is 22.7. The van der Waals surface area contributed by atoms with E-state index in [-0.39, 0.29) is 36.1 Å². The number of phenols is 1. The number of nitrogens with two attached hydrogens (primary N) is 1. The molecule has 0 radical (unpaired) electrons. The van der Waals surface area contributed by atoms with Crippen molar-refractivity contribution < 1.29 is 34.8 Å². The number of benzene rings is 1. The van der Waals surface area contributed by atoms with Gasteiger partial charge in [0.1, 0.15) is 22.8 Å². The van der Waals surface area contributed by atoms with Crippen LogP contribution in [0, 0.1) is 11.8 Å². The Morgan fingerprint density at radius 2 is 1.94 bits per heavy atom. The average molecular weight is 480 g/mol. The number of hydrogen-bond donors (Lipinski definition) is 6. The molecular formula is C24H24N4O7. The van der Waals surface area contributed by atoms with Crippen molar-refractivity contribution in [2.24, 2.45) is 17.6 Å². The third-order valence-corrected chi connectivity index (χ3v) is 7.31. The Morgan fingerprint density at radius 3 is 2.54 bits per heavy atom. The number of aliphatic hydroxyl groups is 3. The summed E-state index contributed by atoms with van der Waals surface area (Å²) in [6.45, 7) is 0. The molecule has 0 unspecified atom stereocenters. The molecule has 1 fully saturated rings. The largest absolute Gasteiger partial charge is 0.508 e. The molecular weight excluding hydrogens is 456 g/mol. The predicted molar refractivity (Wildman–Crippen MR) is 123 cm³/mol. The maximum atomic E-state index is 13.6. The number of hydrogen-bond acceptors (Lipinski definition) is 9. The van der Waals surface area contributed by atoms with Gasteiger partial charge in [-0.25, -0.2) is 0 Å². The molecule has 1 amide bonds. The first-order valence-corrected chi connectivity index (χ1v) is 11.0. The lowest BCUT2D eigenvalue weighted by Gasteiger charge is -2.46. The van der Waals surface area contributed by atoms with Crippen molar-refractivity contribution in [3.8, 4) is 17.0 Å². The number of aromatic nitrogens is 2. The fourth-order valence-electron chi connectivity index (χ4n) is 5.68. The van der Waals surface area contributed by atoms with Crippen LogP contribution in [0.2, 0.25) is 0 Å². The summed E-state index contributed by atoms with van der Waals surface area (Å²) in [6, 6.07) is 3.39. The van der Waals surface area contributed by atoms with Gasteiger partial charge in [-0.15, -0.1) is 0 Å². The summed E-state index contributed by atoms with van der Waals surface area (Å²) in [4.78, 5) is 39.7. The third kappa shape index (κ3) is 2.94. The molecule has 3 aliphatic carbocycles. The molecule has 0 aliphatic heterocycles. The van der Waals surface area contributed by atoms with E-state index in [1.165, 1.54) is 6.20 Å². The summed E-state index contributed by atoms with van der Waals surface area (Å²) >= 11 is 0. The van der Waals surface area contributed by atoms with Crippen molar-refractivity contribution in [2.45, 2.75) is 24.9 Å². The minimum absolute atomic E-state index is 0.0351. The minimum atomic E-state index is -2.59. The molecule has 0 spiro atoms. The van der Waals surface area contributed by atoms with Gasteiger partial charge in [-0.2, -0.15) is 5.10 Å². The molecule has 35 heavy (non-hydrogen) atoms. The van der Waals surface area contributed by atoms with Crippen LogP contribution in [0.3, 0.4) is 0 Å². The van der Waals surface area contributed by atoms with Crippen LogP contribution in [0.1, 0.15) is 24.0 Å². The Hall–Kier alpha value is -4.12. The Morgan fingerprint density at radius 1 is 1.23 bits per heavy atom. The number of nitrogens with zero attached hydrogens (tertiary/aromatic N) is 2. The van der Waals surface area contributed by atoms with Crippen LogP contribution in [-0.4, -0.2) is 67.8 Å². The smallest absolute Gasteiger partial charge is 0.255 e. The Labute approximate surface area is 199 Å². The van der Waals surface area contributed by atoms with Gasteiger partial charge in [-0.05, 0) is 36.5 Å². The maximum absolute atomic E-state index is 13.6. The van der Waals surface area contributed by atoms with Gasteiger partial charge in [0.2, 0.25) is 5.78 Å². The van der Waals surface area contributed by atoms with Crippen LogP contribution in [-0.2, 0) is 20.8 Å². The van der Waals surface area contributed by atoms with E-state index < -0.39 is 52.0 Å². The van der Waals surface area contributed by atoms with E-state index in [1.54, 1.807) is 26.2 Å². The number of H-pyrrole nitrogens is 1. The number of carbonyl (C=O) groups is 3. The number of rotatable bonds is 3. The lowest BCUT2D eigenvalue weighted by molar-refractivity contribution is -0.147. The fourth-order valence-corrected chi connectivity index (χ4v) is 5.68. The van der Waals surface area contributed by atoms with E-state index in [0.29, 0.717) is 22.5 Å². The van der Waals surface area contributed by atoms with Gasteiger partial charge in [0.25, 0.3) is 5.91 Å². The molecule has 7 N–H and O–H groups in total. The van der Waals surface area contributed by atoms with Crippen molar-refractivity contribution >= 4 is 28.9 Å². The molecule has 11 nitrogen and oxygen atoms in total. The summed E-state index contributed by atoms with van der Waals surface area (Å²) in [6.07, 6.45) is 1.47. The Balaban J connectivity index is 1.75. The second-order valence-corrected chi connectivity index (χ2v) is 9.42. The molecule has 5 rings (SSSR count). The molecule has 11 heteroatoms. The number of aromatic hydroxyl groups is 1. The van der Waals surface area contributed by atoms with Gasteiger partial charge in [0, 0.05) is 49.5 Å². The number of amides is 1. The highest BCUT2D eigenvalue weighted by Crippen LogP contribution is 2.54. The first-order valence-electron chi connectivity index (χ1n) is 11.0. The topological polar surface area (TPSA) is 190 Å². The highest BCUT2D eigenvalue weighted by molar-refractivity contribution is 6.22. The van der Waals surface area contributed by atoms with E-state index in [4.69, 9.17) is 5.73 Å². The van der Waals surface area contributed by atoms with Crippen LogP contribution in [0.15, 0.2) is 35.2 Å². The van der Waals surface area contributed by atoms with Crippen molar-refractivity contribution in [1.29, 1.82) is 0 Å². The predicted octanol–water partition coefficient (Wildman–Crippen LogP) is 0.880. The van der Waals surface area contributed by atoms with Crippen LogP contribution >= 0.6 is 0 Å². The van der Waals surface area contributed by atoms with Gasteiger partial charge in [-0.3, -0.25) is 19.5 Å². The van der Waals surface area contributed by atoms with Gasteiger partial charge >= 0.3 is 0 Å². The SMILES string of the molecule is CN(C)c1cc(-c2ccn[nH]2)c(O)c2c1C[C@H]1C[C@H]3CC(=O)C(C(N)=O)=C(O)[C@@]3(O)C(=O)C1=C2O. The summed E-state index contributed by atoms with van der Waals surface area (Å²) in [5, 5.41) is 51.2. The van der Waals surface area contributed by atoms with Gasteiger partial charge in [0.15, 0.2) is 11.4 Å². The number of carbonyl (C=O) groups excluding carboxylic acids is 3. The minimum Gasteiger partial charge on any atom is -0.508 e. The summed E-state index contributed by atoms with van der Waals surface area (Å²) in [5.41, 5.74) is 3.80. The third-order valence-electron chi connectivity index (χ3n) is 7.31. The lowest BCUT2D eigenvalue weighted by atomic mass is 9.59.